The monoisotopic (exact) mass is 243 g/mol. The van der Waals surface area contributed by atoms with E-state index in [2.05, 4.69) is 0 Å². The van der Waals surface area contributed by atoms with E-state index in [1.807, 2.05) is 20.8 Å². The highest BCUT2D eigenvalue weighted by Gasteiger charge is 2.27. The SMILES string of the molecule is CN(C(=O)OC(C)(C)C)C1CCCC(O)CC1. The first kappa shape index (κ1) is 14.3. The zero-order chi connectivity index (χ0) is 13.1. The van der Waals surface area contributed by atoms with Crippen LogP contribution in [0.4, 0.5) is 4.79 Å². The minimum Gasteiger partial charge on any atom is -0.444 e. The summed E-state index contributed by atoms with van der Waals surface area (Å²) in [5.41, 5.74) is -0.449. The molecule has 17 heavy (non-hydrogen) atoms. The summed E-state index contributed by atoms with van der Waals surface area (Å²) in [6, 6.07) is 0.196. The van der Waals surface area contributed by atoms with Gasteiger partial charge in [0.15, 0.2) is 0 Å². The fourth-order valence-corrected chi connectivity index (χ4v) is 2.13. The second-order valence-electron chi connectivity index (χ2n) is 5.91. The van der Waals surface area contributed by atoms with Crippen LogP contribution in [0.1, 0.15) is 52.9 Å². The van der Waals surface area contributed by atoms with Gasteiger partial charge in [0.1, 0.15) is 5.60 Å². The number of ether oxygens (including phenoxy) is 1. The van der Waals surface area contributed by atoms with E-state index < -0.39 is 5.60 Å². The lowest BCUT2D eigenvalue weighted by Gasteiger charge is -2.30. The van der Waals surface area contributed by atoms with Crippen LogP contribution in [0.5, 0.6) is 0 Å². The molecule has 0 spiro atoms. The molecule has 1 saturated carbocycles. The van der Waals surface area contributed by atoms with E-state index in [4.69, 9.17) is 4.74 Å². The molecular formula is C13H25NO3. The predicted octanol–water partition coefficient (Wildman–Crippen LogP) is 2.55. The van der Waals surface area contributed by atoms with Crippen molar-refractivity contribution in [2.24, 2.45) is 0 Å². The molecule has 0 aromatic carbocycles. The highest BCUT2D eigenvalue weighted by Crippen LogP contribution is 2.22. The van der Waals surface area contributed by atoms with E-state index in [-0.39, 0.29) is 18.2 Å². The van der Waals surface area contributed by atoms with Gasteiger partial charge in [-0.2, -0.15) is 0 Å². The second kappa shape index (κ2) is 5.71. The third-order valence-electron chi connectivity index (χ3n) is 3.14. The van der Waals surface area contributed by atoms with Crippen LogP contribution in [-0.2, 0) is 4.74 Å². The van der Waals surface area contributed by atoms with Gasteiger partial charge in [0.2, 0.25) is 0 Å². The third kappa shape index (κ3) is 4.94. The van der Waals surface area contributed by atoms with Crippen LogP contribution in [0.2, 0.25) is 0 Å². The molecule has 1 amide bonds. The van der Waals surface area contributed by atoms with Gasteiger partial charge in [0, 0.05) is 13.1 Å². The van der Waals surface area contributed by atoms with Crippen molar-refractivity contribution in [1.82, 2.24) is 4.90 Å². The Kier molecular flexibility index (Phi) is 4.80. The van der Waals surface area contributed by atoms with Crippen LogP contribution in [0, 0.1) is 0 Å². The van der Waals surface area contributed by atoms with E-state index in [0.29, 0.717) is 0 Å². The summed E-state index contributed by atoms with van der Waals surface area (Å²) in [6.45, 7) is 5.61. The number of hydrogen-bond acceptors (Lipinski definition) is 3. The van der Waals surface area contributed by atoms with Gasteiger partial charge in [0.05, 0.1) is 6.10 Å². The van der Waals surface area contributed by atoms with Crippen molar-refractivity contribution in [2.45, 2.75) is 70.6 Å². The van der Waals surface area contributed by atoms with Crippen molar-refractivity contribution in [3.8, 4) is 0 Å². The molecule has 0 aliphatic heterocycles. The summed E-state index contributed by atoms with van der Waals surface area (Å²) in [4.78, 5) is 13.6. The Labute approximate surface area is 104 Å². The molecule has 0 bridgehead atoms. The molecule has 2 unspecified atom stereocenters. The van der Waals surface area contributed by atoms with E-state index in [0.717, 1.165) is 32.1 Å². The average Bonchev–Trinajstić information content (AvgIpc) is 2.39. The zero-order valence-electron chi connectivity index (χ0n) is 11.4. The highest BCUT2D eigenvalue weighted by atomic mass is 16.6. The number of carbonyl (C=O) groups is 1. The normalized spacial score (nSPS) is 26.2. The first-order valence-electron chi connectivity index (χ1n) is 6.43. The summed E-state index contributed by atoms with van der Waals surface area (Å²) in [5, 5.41) is 9.58. The lowest BCUT2D eigenvalue weighted by Crippen LogP contribution is -2.40. The molecule has 0 heterocycles. The first-order valence-corrected chi connectivity index (χ1v) is 6.43. The number of rotatable bonds is 1. The van der Waals surface area contributed by atoms with Crippen molar-refractivity contribution in [1.29, 1.82) is 0 Å². The van der Waals surface area contributed by atoms with E-state index >= 15 is 0 Å². The molecule has 0 aromatic rings. The maximum Gasteiger partial charge on any atom is 0.410 e. The Hall–Kier alpha value is -0.770. The molecule has 4 nitrogen and oxygen atoms in total. The van der Waals surface area contributed by atoms with Crippen LogP contribution in [0.15, 0.2) is 0 Å². The smallest absolute Gasteiger partial charge is 0.410 e. The van der Waals surface area contributed by atoms with Gasteiger partial charge in [-0.25, -0.2) is 4.79 Å². The summed E-state index contributed by atoms with van der Waals surface area (Å²) in [6.07, 6.45) is 3.94. The van der Waals surface area contributed by atoms with Crippen LogP contribution < -0.4 is 0 Å². The second-order valence-corrected chi connectivity index (χ2v) is 5.91. The number of amides is 1. The Morgan fingerprint density at radius 2 is 1.88 bits per heavy atom. The van der Waals surface area contributed by atoms with Crippen molar-refractivity contribution in [2.75, 3.05) is 7.05 Å². The van der Waals surface area contributed by atoms with Crippen molar-refractivity contribution >= 4 is 6.09 Å². The molecule has 100 valence electrons. The van der Waals surface area contributed by atoms with Gasteiger partial charge in [-0.05, 0) is 52.9 Å². The van der Waals surface area contributed by atoms with Crippen LogP contribution >= 0.6 is 0 Å². The maximum atomic E-state index is 11.9. The van der Waals surface area contributed by atoms with Gasteiger partial charge in [-0.1, -0.05) is 0 Å². The number of nitrogens with zero attached hydrogens (tertiary/aromatic N) is 1. The van der Waals surface area contributed by atoms with Gasteiger partial charge in [0.25, 0.3) is 0 Å². The fourth-order valence-electron chi connectivity index (χ4n) is 2.13. The molecule has 1 N–H and O–H groups in total. The molecule has 4 heteroatoms. The Morgan fingerprint density at radius 1 is 1.24 bits per heavy atom. The van der Waals surface area contributed by atoms with Crippen LogP contribution in [0.3, 0.4) is 0 Å². The van der Waals surface area contributed by atoms with Crippen molar-refractivity contribution in [3.05, 3.63) is 0 Å². The summed E-state index contributed by atoms with van der Waals surface area (Å²) in [5.74, 6) is 0. The lowest BCUT2D eigenvalue weighted by molar-refractivity contribution is 0.0204. The topological polar surface area (TPSA) is 49.8 Å². The average molecular weight is 243 g/mol. The molecule has 1 rings (SSSR count). The molecule has 1 aliphatic rings. The largest absolute Gasteiger partial charge is 0.444 e. The third-order valence-corrected chi connectivity index (χ3v) is 3.14. The predicted molar refractivity (Wildman–Crippen MR) is 66.9 cm³/mol. The highest BCUT2D eigenvalue weighted by molar-refractivity contribution is 5.68. The fraction of sp³-hybridized carbons (Fsp3) is 0.923. The minimum absolute atomic E-state index is 0.196. The van der Waals surface area contributed by atoms with Crippen LogP contribution in [-0.4, -0.2) is 40.9 Å². The Morgan fingerprint density at radius 3 is 2.47 bits per heavy atom. The number of aliphatic hydroxyl groups is 1. The molecule has 2 atom stereocenters. The number of carbonyl (C=O) groups excluding carboxylic acids is 1. The maximum absolute atomic E-state index is 11.9. The molecule has 1 fully saturated rings. The Bertz CT molecular complexity index is 260. The zero-order valence-corrected chi connectivity index (χ0v) is 11.4. The lowest BCUT2D eigenvalue weighted by atomic mass is 10.1. The molecule has 1 aliphatic carbocycles. The van der Waals surface area contributed by atoms with Crippen molar-refractivity contribution in [3.63, 3.8) is 0 Å². The van der Waals surface area contributed by atoms with Gasteiger partial charge >= 0.3 is 6.09 Å². The summed E-state index contributed by atoms with van der Waals surface area (Å²) >= 11 is 0. The van der Waals surface area contributed by atoms with Gasteiger partial charge < -0.3 is 14.7 Å². The van der Waals surface area contributed by atoms with Crippen molar-refractivity contribution < 1.29 is 14.6 Å². The first-order chi connectivity index (χ1) is 7.79. The summed E-state index contributed by atoms with van der Waals surface area (Å²) in [7, 11) is 1.79. The number of aliphatic hydroxyl groups excluding tert-OH is 1. The molecule has 0 radical (unpaired) electrons. The molecule has 0 aromatic heterocycles. The van der Waals surface area contributed by atoms with Gasteiger partial charge in [-0.3, -0.25) is 0 Å². The molecular weight excluding hydrogens is 218 g/mol. The summed E-state index contributed by atoms with van der Waals surface area (Å²) < 4.78 is 5.34. The van der Waals surface area contributed by atoms with Crippen LogP contribution in [0.25, 0.3) is 0 Å². The van der Waals surface area contributed by atoms with Gasteiger partial charge in [-0.15, -0.1) is 0 Å². The Balaban J connectivity index is 2.51. The van der Waals surface area contributed by atoms with E-state index in [1.165, 1.54) is 0 Å². The van der Waals surface area contributed by atoms with E-state index in [9.17, 15) is 9.90 Å². The quantitative estimate of drug-likeness (QED) is 0.720. The molecule has 0 saturated heterocycles. The van der Waals surface area contributed by atoms with E-state index in [1.54, 1.807) is 11.9 Å². The minimum atomic E-state index is -0.449. The standard InChI is InChI=1S/C13H25NO3/c1-13(2,3)17-12(16)14(4)10-6-5-7-11(15)9-8-10/h10-11,15H,5-9H2,1-4H3. The number of hydrogen-bond donors (Lipinski definition) is 1.